The van der Waals surface area contributed by atoms with Gasteiger partial charge < -0.3 is 14.7 Å². The smallest absolute Gasteiger partial charge is 0.222 e. The number of aliphatic hydroxyl groups is 1. The fraction of sp³-hybridized carbons (Fsp3) is 0.562. The summed E-state index contributed by atoms with van der Waals surface area (Å²) in [6.07, 6.45) is 5.04. The summed E-state index contributed by atoms with van der Waals surface area (Å²) in [5.41, 5.74) is 1.81. The molecule has 0 radical (unpaired) electrons. The maximum Gasteiger partial charge on any atom is 0.222 e. The Morgan fingerprint density at radius 3 is 2.80 bits per heavy atom. The van der Waals surface area contributed by atoms with Gasteiger partial charge in [-0.05, 0) is 30.5 Å². The van der Waals surface area contributed by atoms with Crippen LogP contribution < -0.4 is 4.74 Å². The number of amides is 1. The number of nitrogens with zero attached hydrogens (tertiary/aromatic N) is 1. The number of aliphatic hydroxyl groups excluding tert-OH is 1. The molecule has 1 aromatic rings. The quantitative estimate of drug-likeness (QED) is 0.920. The highest BCUT2D eigenvalue weighted by molar-refractivity contribution is 5.76. The third-order valence-corrected chi connectivity index (χ3v) is 3.81. The van der Waals surface area contributed by atoms with Crippen molar-refractivity contribution in [1.82, 2.24) is 4.90 Å². The van der Waals surface area contributed by atoms with Crippen molar-refractivity contribution in [1.29, 1.82) is 0 Å². The molecule has 0 spiro atoms. The van der Waals surface area contributed by atoms with Crippen LogP contribution in [0.2, 0.25) is 0 Å². The van der Waals surface area contributed by atoms with Gasteiger partial charge in [-0.3, -0.25) is 4.79 Å². The maximum atomic E-state index is 12.2. The first kappa shape index (κ1) is 14.9. The minimum Gasteiger partial charge on any atom is -0.496 e. The Kier molecular flexibility index (Phi) is 5.41. The molecule has 1 N–H and O–H groups in total. The highest BCUT2D eigenvalue weighted by Gasteiger charge is 2.17. The molecule has 1 aliphatic rings. The number of methoxy groups -OCH3 is 1. The van der Waals surface area contributed by atoms with E-state index in [-0.39, 0.29) is 12.5 Å². The zero-order chi connectivity index (χ0) is 14.4. The zero-order valence-electron chi connectivity index (χ0n) is 12.1. The summed E-state index contributed by atoms with van der Waals surface area (Å²) >= 11 is 0. The molecular formula is C16H23NO3. The number of rotatable bonds is 4. The molecule has 110 valence electrons. The van der Waals surface area contributed by atoms with E-state index < -0.39 is 0 Å². The molecule has 1 saturated heterocycles. The molecule has 1 fully saturated rings. The van der Waals surface area contributed by atoms with Crippen LogP contribution in [0.1, 0.15) is 43.2 Å². The van der Waals surface area contributed by atoms with Crippen molar-refractivity contribution in [3.05, 3.63) is 29.3 Å². The van der Waals surface area contributed by atoms with Crippen LogP contribution in [0.3, 0.4) is 0 Å². The molecule has 0 unspecified atom stereocenters. The van der Waals surface area contributed by atoms with Crippen molar-refractivity contribution in [2.24, 2.45) is 0 Å². The Hall–Kier alpha value is -1.55. The highest BCUT2D eigenvalue weighted by atomic mass is 16.5. The topological polar surface area (TPSA) is 49.8 Å². The van der Waals surface area contributed by atoms with Crippen molar-refractivity contribution >= 4 is 5.91 Å². The number of ether oxygens (including phenoxy) is 1. The molecule has 0 aliphatic carbocycles. The van der Waals surface area contributed by atoms with Gasteiger partial charge in [0.05, 0.1) is 13.7 Å². The van der Waals surface area contributed by atoms with Crippen LogP contribution in [-0.2, 0) is 17.9 Å². The van der Waals surface area contributed by atoms with Crippen molar-refractivity contribution < 1.29 is 14.6 Å². The fourth-order valence-corrected chi connectivity index (χ4v) is 2.64. The zero-order valence-corrected chi connectivity index (χ0v) is 12.1. The van der Waals surface area contributed by atoms with Gasteiger partial charge in [0.25, 0.3) is 0 Å². The number of likely N-dealkylation sites (tertiary alicyclic amines) is 1. The molecule has 1 amide bonds. The molecular weight excluding hydrogens is 254 g/mol. The van der Waals surface area contributed by atoms with Gasteiger partial charge in [0.15, 0.2) is 0 Å². The lowest BCUT2D eigenvalue weighted by Crippen LogP contribution is -2.32. The largest absolute Gasteiger partial charge is 0.496 e. The first-order valence-electron chi connectivity index (χ1n) is 7.29. The molecule has 2 rings (SSSR count). The SMILES string of the molecule is COc1ccc(CO)cc1CN1CCCCCCC1=O. The summed E-state index contributed by atoms with van der Waals surface area (Å²) in [5, 5.41) is 9.24. The minimum absolute atomic E-state index is 0.00490. The number of carbonyl (C=O) groups is 1. The van der Waals surface area contributed by atoms with Crippen LogP contribution in [0.4, 0.5) is 0 Å². The second-order valence-electron chi connectivity index (χ2n) is 5.28. The second kappa shape index (κ2) is 7.29. The van der Waals surface area contributed by atoms with E-state index in [1.807, 2.05) is 23.1 Å². The first-order chi connectivity index (χ1) is 9.74. The van der Waals surface area contributed by atoms with Crippen molar-refractivity contribution in [2.75, 3.05) is 13.7 Å². The van der Waals surface area contributed by atoms with E-state index in [9.17, 15) is 9.90 Å². The van der Waals surface area contributed by atoms with E-state index in [2.05, 4.69) is 0 Å². The monoisotopic (exact) mass is 277 g/mol. The van der Waals surface area contributed by atoms with Crippen LogP contribution >= 0.6 is 0 Å². The van der Waals surface area contributed by atoms with Crippen LogP contribution in [0.25, 0.3) is 0 Å². The van der Waals surface area contributed by atoms with Crippen LogP contribution in [0.15, 0.2) is 18.2 Å². The van der Waals surface area contributed by atoms with Gasteiger partial charge in [0, 0.05) is 25.1 Å². The third-order valence-electron chi connectivity index (χ3n) is 3.81. The molecule has 1 aromatic carbocycles. The number of benzene rings is 1. The Labute approximate surface area is 120 Å². The van der Waals surface area contributed by atoms with E-state index in [1.54, 1.807) is 7.11 Å². The Balaban J connectivity index is 2.15. The number of carbonyl (C=O) groups excluding carboxylic acids is 1. The van der Waals surface area contributed by atoms with Gasteiger partial charge in [0.2, 0.25) is 5.91 Å². The van der Waals surface area contributed by atoms with E-state index in [4.69, 9.17) is 4.74 Å². The Bertz CT molecular complexity index is 459. The minimum atomic E-state index is 0.00490. The molecule has 4 nitrogen and oxygen atoms in total. The standard InChI is InChI=1S/C16H23NO3/c1-20-15-8-7-13(12-18)10-14(15)11-17-9-5-3-2-4-6-16(17)19/h7-8,10,18H,2-6,9,11-12H2,1H3. The summed E-state index contributed by atoms with van der Waals surface area (Å²) < 4.78 is 5.36. The molecule has 0 atom stereocenters. The van der Waals surface area contributed by atoms with Gasteiger partial charge >= 0.3 is 0 Å². The second-order valence-corrected chi connectivity index (χ2v) is 5.28. The van der Waals surface area contributed by atoms with E-state index in [0.717, 1.165) is 42.7 Å². The predicted molar refractivity (Wildman–Crippen MR) is 77.4 cm³/mol. The van der Waals surface area contributed by atoms with Crippen molar-refractivity contribution in [2.45, 2.75) is 45.3 Å². The van der Waals surface area contributed by atoms with Crippen molar-refractivity contribution in [3.8, 4) is 5.75 Å². The average molecular weight is 277 g/mol. The van der Waals surface area contributed by atoms with Crippen LogP contribution in [0.5, 0.6) is 5.75 Å². The predicted octanol–water partition coefficient (Wildman–Crippen LogP) is 2.48. The number of hydrogen-bond donors (Lipinski definition) is 1. The van der Waals surface area contributed by atoms with E-state index in [1.165, 1.54) is 6.42 Å². The molecule has 4 heteroatoms. The van der Waals surface area contributed by atoms with Gasteiger partial charge in [0.1, 0.15) is 5.75 Å². The van der Waals surface area contributed by atoms with Crippen LogP contribution in [-0.4, -0.2) is 29.6 Å². The maximum absolute atomic E-state index is 12.2. The van der Waals surface area contributed by atoms with Gasteiger partial charge in [-0.25, -0.2) is 0 Å². The third kappa shape index (κ3) is 3.73. The summed E-state index contributed by atoms with van der Waals surface area (Å²) in [5.74, 6) is 0.998. The lowest BCUT2D eigenvalue weighted by Gasteiger charge is -2.26. The summed E-state index contributed by atoms with van der Waals surface area (Å²) in [4.78, 5) is 14.1. The molecule has 1 heterocycles. The number of hydrogen-bond acceptors (Lipinski definition) is 3. The molecule has 1 aliphatic heterocycles. The summed E-state index contributed by atoms with van der Waals surface area (Å²) in [6.45, 7) is 1.38. The first-order valence-corrected chi connectivity index (χ1v) is 7.29. The Morgan fingerprint density at radius 1 is 1.25 bits per heavy atom. The fourth-order valence-electron chi connectivity index (χ4n) is 2.64. The average Bonchev–Trinajstić information content (AvgIpc) is 2.46. The summed E-state index contributed by atoms with van der Waals surface area (Å²) in [6, 6.07) is 5.62. The molecule has 20 heavy (non-hydrogen) atoms. The highest BCUT2D eigenvalue weighted by Crippen LogP contribution is 2.23. The Morgan fingerprint density at radius 2 is 2.05 bits per heavy atom. The van der Waals surface area contributed by atoms with Gasteiger partial charge in [-0.1, -0.05) is 18.9 Å². The molecule has 0 aromatic heterocycles. The molecule has 0 saturated carbocycles. The van der Waals surface area contributed by atoms with Gasteiger partial charge in [-0.15, -0.1) is 0 Å². The van der Waals surface area contributed by atoms with Crippen LogP contribution in [0, 0.1) is 0 Å². The van der Waals surface area contributed by atoms with E-state index >= 15 is 0 Å². The lowest BCUT2D eigenvalue weighted by atomic mass is 10.1. The van der Waals surface area contributed by atoms with E-state index in [0.29, 0.717) is 13.0 Å². The normalized spacial score (nSPS) is 16.7. The van der Waals surface area contributed by atoms with Gasteiger partial charge in [-0.2, -0.15) is 0 Å². The van der Waals surface area contributed by atoms with Crippen molar-refractivity contribution in [3.63, 3.8) is 0 Å². The summed E-state index contributed by atoms with van der Waals surface area (Å²) in [7, 11) is 1.63. The lowest BCUT2D eigenvalue weighted by molar-refractivity contribution is -0.132. The molecule has 0 bridgehead atoms.